The smallest absolute Gasteiger partial charge is 0.238 e. The van der Waals surface area contributed by atoms with Crippen LogP contribution in [0.5, 0.6) is 0 Å². The van der Waals surface area contributed by atoms with Gasteiger partial charge in [0.05, 0.1) is 24.8 Å². The Morgan fingerprint density at radius 1 is 1.30 bits per heavy atom. The predicted molar refractivity (Wildman–Crippen MR) is 104 cm³/mol. The van der Waals surface area contributed by atoms with Gasteiger partial charge in [-0.1, -0.05) is 18.2 Å². The van der Waals surface area contributed by atoms with Crippen LogP contribution in [0.4, 0.5) is 5.69 Å². The molecule has 1 aromatic carbocycles. The van der Waals surface area contributed by atoms with Crippen LogP contribution in [0.1, 0.15) is 5.56 Å². The molecule has 0 saturated carbocycles. The van der Waals surface area contributed by atoms with Gasteiger partial charge in [-0.05, 0) is 29.8 Å². The monoisotopic (exact) mass is 386 g/mol. The summed E-state index contributed by atoms with van der Waals surface area (Å²) in [7, 11) is 0. The van der Waals surface area contributed by atoms with E-state index in [0.29, 0.717) is 13.2 Å². The zero-order chi connectivity index (χ0) is 19.1. The number of primary amides is 1. The number of nitrogens with zero attached hydrogens (tertiary/aromatic N) is 2. The standard InChI is InChI=1S/C19H22N4O3S/c20-19(25)16-12-26-9-8-23(16)11-17(24)22-15-5-3-4-14(10-15)13-27-18-6-1-2-7-21-18/h1-7,10,16H,8-9,11-13H2,(H2,20,25)(H,22,24)/t16-/m1/s1. The van der Waals surface area contributed by atoms with Crippen LogP contribution < -0.4 is 11.1 Å². The molecule has 1 saturated heterocycles. The van der Waals surface area contributed by atoms with Crippen LogP contribution in [0.3, 0.4) is 0 Å². The van der Waals surface area contributed by atoms with Gasteiger partial charge >= 0.3 is 0 Å². The van der Waals surface area contributed by atoms with Crippen LogP contribution in [-0.4, -0.2) is 54.0 Å². The minimum Gasteiger partial charge on any atom is -0.378 e. The van der Waals surface area contributed by atoms with Gasteiger partial charge in [-0.25, -0.2) is 4.98 Å². The fourth-order valence-corrected chi connectivity index (χ4v) is 3.61. The number of thioether (sulfide) groups is 1. The van der Waals surface area contributed by atoms with E-state index in [-0.39, 0.29) is 19.1 Å². The highest BCUT2D eigenvalue weighted by Gasteiger charge is 2.29. The molecule has 8 heteroatoms. The Hall–Kier alpha value is -2.42. The SMILES string of the molecule is NC(=O)[C@H]1COCCN1CC(=O)Nc1cccc(CSc2ccccn2)c1. The first-order valence-electron chi connectivity index (χ1n) is 8.65. The lowest BCUT2D eigenvalue weighted by Gasteiger charge is -2.32. The van der Waals surface area contributed by atoms with E-state index in [4.69, 9.17) is 10.5 Å². The number of morpholine rings is 1. The van der Waals surface area contributed by atoms with E-state index in [1.54, 1.807) is 22.9 Å². The second kappa shape index (κ2) is 9.50. The third-order valence-electron chi connectivity index (χ3n) is 4.15. The Morgan fingerprint density at radius 2 is 2.19 bits per heavy atom. The summed E-state index contributed by atoms with van der Waals surface area (Å²) < 4.78 is 5.27. The third-order valence-corrected chi connectivity index (χ3v) is 5.16. The first kappa shape index (κ1) is 19.3. The molecule has 1 aliphatic rings. The summed E-state index contributed by atoms with van der Waals surface area (Å²) in [6, 6.07) is 12.9. The number of pyridine rings is 1. The summed E-state index contributed by atoms with van der Waals surface area (Å²) in [4.78, 5) is 29.9. The van der Waals surface area contributed by atoms with Gasteiger partial charge in [-0.15, -0.1) is 11.8 Å². The number of ether oxygens (including phenoxy) is 1. The number of nitrogens with one attached hydrogen (secondary N) is 1. The molecule has 0 aliphatic carbocycles. The van der Waals surface area contributed by atoms with Crippen LogP contribution in [0.25, 0.3) is 0 Å². The summed E-state index contributed by atoms with van der Waals surface area (Å²) in [6.45, 7) is 1.31. The average molecular weight is 386 g/mol. The van der Waals surface area contributed by atoms with Crippen molar-refractivity contribution >= 4 is 29.3 Å². The second-order valence-corrected chi connectivity index (χ2v) is 7.16. The van der Waals surface area contributed by atoms with Crippen molar-refractivity contribution in [2.24, 2.45) is 5.73 Å². The van der Waals surface area contributed by atoms with Gasteiger partial charge in [0.1, 0.15) is 6.04 Å². The Labute approximate surface area is 162 Å². The summed E-state index contributed by atoms with van der Waals surface area (Å²) in [5, 5.41) is 3.84. The predicted octanol–water partition coefficient (Wildman–Crippen LogP) is 1.50. The van der Waals surface area contributed by atoms with Crippen LogP contribution in [0.2, 0.25) is 0 Å². The molecular formula is C19H22N4O3S. The molecule has 1 aliphatic heterocycles. The molecule has 27 heavy (non-hydrogen) atoms. The number of anilines is 1. The number of hydrogen-bond donors (Lipinski definition) is 2. The molecule has 142 valence electrons. The molecule has 2 heterocycles. The number of carbonyl (C=O) groups excluding carboxylic acids is 2. The molecule has 2 aromatic rings. The highest BCUT2D eigenvalue weighted by atomic mass is 32.2. The lowest BCUT2D eigenvalue weighted by molar-refractivity contribution is -0.131. The van der Waals surface area contributed by atoms with E-state index in [9.17, 15) is 9.59 Å². The maximum absolute atomic E-state index is 12.4. The molecule has 0 bridgehead atoms. The minimum absolute atomic E-state index is 0.101. The van der Waals surface area contributed by atoms with Gasteiger partial charge in [0.2, 0.25) is 11.8 Å². The summed E-state index contributed by atoms with van der Waals surface area (Å²) in [6.07, 6.45) is 1.77. The molecule has 0 spiro atoms. The molecule has 2 amide bonds. The first-order valence-corrected chi connectivity index (χ1v) is 9.64. The van der Waals surface area contributed by atoms with Gasteiger partial charge in [0.15, 0.2) is 0 Å². The largest absolute Gasteiger partial charge is 0.378 e. The summed E-state index contributed by atoms with van der Waals surface area (Å²) in [5.41, 5.74) is 7.20. The lowest BCUT2D eigenvalue weighted by atomic mass is 10.2. The van der Waals surface area contributed by atoms with Crippen molar-refractivity contribution in [2.45, 2.75) is 16.8 Å². The number of amides is 2. The van der Waals surface area contributed by atoms with E-state index in [1.807, 2.05) is 42.5 Å². The Balaban J connectivity index is 1.55. The quantitative estimate of drug-likeness (QED) is 0.700. The number of aromatic nitrogens is 1. The van der Waals surface area contributed by atoms with E-state index < -0.39 is 11.9 Å². The highest BCUT2D eigenvalue weighted by Crippen LogP contribution is 2.22. The highest BCUT2D eigenvalue weighted by molar-refractivity contribution is 7.98. The van der Waals surface area contributed by atoms with Crippen LogP contribution in [0, 0.1) is 0 Å². The van der Waals surface area contributed by atoms with Gasteiger partial charge in [-0.3, -0.25) is 14.5 Å². The fourth-order valence-electron chi connectivity index (χ4n) is 2.80. The van der Waals surface area contributed by atoms with E-state index >= 15 is 0 Å². The maximum atomic E-state index is 12.4. The maximum Gasteiger partial charge on any atom is 0.238 e. The molecule has 1 fully saturated rings. The Bertz CT molecular complexity index is 788. The van der Waals surface area contributed by atoms with Gasteiger partial charge < -0.3 is 15.8 Å². The first-order chi connectivity index (χ1) is 13.1. The van der Waals surface area contributed by atoms with Crippen molar-refractivity contribution < 1.29 is 14.3 Å². The Morgan fingerprint density at radius 3 is 2.96 bits per heavy atom. The number of carbonyl (C=O) groups is 2. The van der Waals surface area contributed by atoms with Crippen molar-refractivity contribution in [3.8, 4) is 0 Å². The summed E-state index contributed by atoms with van der Waals surface area (Å²) >= 11 is 1.64. The average Bonchev–Trinajstić information content (AvgIpc) is 2.67. The van der Waals surface area contributed by atoms with E-state index in [0.717, 1.165) is 22.0 Å². The molecule has 1 aromatic heterocycles. The summed E-state index contributed by atoms with van der Waals surface area (Å²) in [5.74, 6) is 0.0993. The van der Waals surface area contributed by atoms with Crippen molar-refractivity contribution in [1.82, 2.24) is 9.88 Å². The zero-order valence-corrected chi connectivity index (χ0v) is 15.7. The normalized spacial score (nSPS) is 17.4. The fraction of sp³-hybridized carbons (Fsp3) is 0.316. The lowest BCUT2D eigenvalue weighted by Crippen LogP contribution is -2.54. The van der Waals surface area contributed by atoms with Gasteiger partial charge in [-0.2, -0.15) is 0 Å². The van der Waals surface area contributed by atoms with Crippen molar-refractivity contribution in [3.05, 3.63) is 54.2 Å². The number of hydrogen-bond acceptors (Lipinski definition) is 6. The van der Waals surface area contributed by atoms with E-state index in [2.05, 4.69) is 10.3 Å². The second-order valence-electron chi connectivity index (χ2n) is 6.17. The van der Waals surface area contributed by atoms with Gasteiger partial charge in [0, 0.05) is 24.2 Å². The molecule has 1 atom stereocenters. The van der Waals surface area contributed by atoms with Crippen LogP contribution >= 0.6 is 11.8 Å². The molecule has 3 N–H and O–H groups in total. The zero-order valence-electron chi connectivity index (χ0n) is 14.8. The van der Waals surface area contributed by atoms with Gasteiger partial charge in [0.25, 0.3) is 0 Å². The van der Waals surface area contributed by atoms with Crippen molar-refractivity contribution in [2.75, 3.05) is 31.6 Å². The third kappa shape index (κ3) is 5.78. The molecular weight excluding hydrogens is 364 g/mol. The molecule has 7 nitrogen and oxygen atoms in total. The van der Waals surface area contributed by atoms with E-state index in [1.165, 1.54) is 0 Å². The topological polar surface area (TPSA) is 97.6 Å². The van der Waals surface area contributed by atoms with Crippen LogP contribution in [0.15, 0.2) is 53.7 Å². The Kier molecular flexibility index (Phi) is 6.80. The molecule has 0 unspecified atom stereocenters. The van der Waals surface area contributed by atoms with Crippen molar-refractivity contribution in [3.63, 3.8) is 0 Å². The van der Waals surface area contributed by atoms with Crippen LogP contribution in [-0.2, 0) is 20.1 Å². The van der Waals surface area contributed by atoms with Crippen molar-refractivity contribution in [1.29, 1.82) is 0 Å². The minimum atomic E-state index is -0.564. The number of nitrogens with two attached hydrogens (primary N) is 1. The molecule has 0 radical (unpaired) electrons. The number of rotatable bonds is 7. The number of benzene rings is 1. The molecule has 3 rings (SSSR count).